The van der Waals surface area contributed by atoms with Gasteiger partial charge in [0.05, 0.1) is 18.8 Å². The molecule has 12 nitrogen and oxygen atoms in total. The summed E-state index contributed by atoms with van der Waals surface area (Å²) >= 11 is 0. The summed E-state index contributed by atoms with van der Waals surface area (Å²) in [4.78, 5) is 48.3. The van der Waals surface area contributed by atoms with E-state index >= 15 is 0 Å². The number of esters is 1. The summed E-state index contributed by atoms with van der Waals surface area (Å²) < 4.78 is 9.88. The molecule has 1 heterocycles. The van der Waals surface area contributed by atoms with E-state index in [1.54, 1.807) is 0 Å². The van der Waals surface area contributed by atoms with Crippen LogP contribution in [-0.2, 0) is 28.7 Å². The summed E-state index contributed by atoms with van der Waals surface area (Å²) in [5, 5.41) is 49.0. The van der Waals surface area contributed by atoms with Crippen LogP contribution in [0.1, 0.15) is 20.8 Å². The van der Waals surface area contributed by atoms with Crippen molar-refractivity contribution < 1.29 is 54.2 Å². The number of aliphatic hydroxyl groups excluding tert-OH is 4. The number of ketones is 2. The first-order valence-electron chi connectivity index (χ1n) is 7.84. The highest BCUT2D eigenvalue weighted by Crippen LogP contribution is 2.48. The fourth-order valence-electron chi connectivity index (χ4n) is 3.35. The average Bonchev–Trinajstić information content (AvgIpc) is 2.55. The predicted octanol–water partition coefficient (Wildman–Crippen LogP) is -3.70. The van der Waals surface area contributed by atoms with Crippen LogP contribution in [0.5, 0.6) is 0 Å². The van der Waals surface area contributed by atoms with Crippen molar-refractivity contribution in [2.45, 2.75) is 57.0 Å². The number of carboxylic acid groups (broad SMARTS) is 1. The van der Waals surface area contributed by atoms with E-state index in [1.165, 1.54) is 0 Å². The smallest absolute Gasteiger partial charge is 0.379 e. The van der Waals surface area contributed by atoms with Gasteiger partial charge in [-0.15, -0.1) is 0 Å². The largest absolute Gasteiger partial charge is 0.476 e. The Labute approximate surface area is 153 Å². The van der Waals surface area contributed by atoms with Crippen molar-refractivity contribution in [1.29, 1.82) is 0 Å². The van der Waals surface area contributed by atoms with Crippen LogP contribution in [0.3, 0.4) is 0 Å². The summed E-state index contributed by atoms with van der Waals surface area (Å²) in [6.07, 6.45) is -8.13. The van der Waals surface area contributed by atoms with Crippen molar-refractivity contribution in [2.24, 2.45) is 11.1 Å². The molecule has 0 saturated carbocycles. The predicted molar refractivity (Wildman–Crippen MR) is 83.9 cm³/mol. The zero-order chi connectivity index (χ0) is 21.3. The number of Topliss-reactive ketones (excluding diaryl/α,β-unsaturated/α-hetero) is 2. The van der Waals surface area contributed by atoms with Crippen LogP contribution in [0.2, 0.25) is 0 Å². The molecule has 154 valence electrons. The summed E-state index contributed by atoms with van der Waals surface area (Å²) in [5.74, 6) is -9.19. The van der Waals surface area contributed by atoms with Crippen LogP contribution in [-0.4, -0.2) is 91.9 Å². The molecule has 0 amide bonds. The van der Waals surface area contributed by atoms with Gasteiger partial charge in [0.1, 0.15) is 18.3 Å². The van der Waals surface area contributed by atoms with Crippen LogP contribution in [0.4, 0.5) is 0 Å². The maximum atomic E-state index is 12.4. The van der Waals surface area contributed by atoms with Crippen molar-refractivity contribution in [1.82, 2.24) is 0 Å². The quantitative estimate of drug-likeness (QED) is 0.182. The fraction of sp³-hybridized carbons (Fsp3) is 0.733. The number of carboxylic acids is 1. The highest BCUT2D eigenvalue weighted by atomic mass is 16.7. The topological polar surface area (TPSA) is 214 Å². The Morgan fingerprint density at radius 1 is 1.15 bits per heavy atom. The Morgan fingerprint density at radius 2 is 1.63 bits per heavy atom. The Bertz CT molecular complexity index is 621. The van der Waals surface area contributed by atoms with Crippen molar-refractivity contribution in [3.63, 3.8) is 0 Å². The molecule has 0 bridgehead atoms. The van der Waals surface area contributed by atoms with Crippen molar-refractivity contribution in [3.05, 3.63) is 0 Å². The summed E-state index contributed by atoms with van der Waals surface area (Å²) in [6.45, 7) is 1.35. The Balaban J connectivity index is 3.79. The second-order valence-corrected chi connectivity index (χ2v) is 6.28. The number of ether oxygens (including phenoxy) is 2. The van der Waals surface area contributed by atoms with Gasteiger partial charge in [0.25, 0.3) is 0 Å². The molecule has 0 aromatic rings. The Morgan fingerprint density at radius 3 is 1.96 bits per heavy atom. The molecular formula is C15H23NO11. The lowest BCUT2D eigenvalue weighted by molar-refractivity contribution is -0.333. The first kappa shape index (κ1) is 23.1. The number of carbonyl (C=O) groups excluding carboxylic acids is 3. The summed E-state index contributed by atoms with van der Waals surface area (Å²) in [7, 11) is 0. The number of hydrogen-bond acceptors (Lipinski definition) is 11. The molecule has 27 heavy (non-hydrogen) atoms. The van der Waals surface area contributed by atoms with Gasteiger partial charge in [-0.1, -0.05) is 0 Å². The van der Waals surface area contributed by atoms with E-state index in [-0.39, 0.29) is 0 Å². The fourth-order valence-corrected chi connectivity index (χ4v) is 3.35. The van der Waals surface area contributed by atoms with Crippen molar-refractivity contribution in [3.8, 4) is 0 Å². The van der Waals surface area contributed by atoms with Crippen molar-refractivity contribution in [2.75, 3.05) is 6.61 Å². The molecular weight excluding hydrogens is 370 g/mol. The molecule has 12 heteroatoms. The minimum atomic E-state index is -3.37. The molecule has 0 aliphatic carbocycles. The second kappa shape index (κ2) is 7.96. The summed E-state index contributed by atoms with van der Waals surface area (Å²) in [5.41, 5.74) is 2.81. The van der Waals surface area contributed by atoms with Gasteiger partial charge in [-0.25, -0.2) is 4.79 Å². The third-order valence-electron chi connectivity index (χ3n) is 4.61. The maximum Gasteiger partial charge on any atom is 0.379 e. The highest BCUT2D eigenvalue weighted by molar-refractivity contribution is 6.11. The monoisotopic (exact) mass is 393 g/mol. The van der Waals surface area contributed by atoms with Crippen LogP contribution in [0.25, 0.3) is 0 Å². The van der Waals surface area contributed by atoms with E-state index in [2.05, 4.69) is 0 Å². The number of hydrogen-bond donors (Lipinski definition) is 6. The van der Waals surface area contributed by atoms with Gasteiger partial charge < -0.3 is 40.7 Å². The minimum Gasteiger partial charge on any atom is -0.476 e. The number of carbonyl (C=O) groups is 4. The van der Waals surface area contributed by atoms with Gasteiger partial charge in [-0.2, -0.15) is 0 Å². The molecule has 0 aromatic carbocycles. The molecule has 0 spiro atoms. The molecule has 1 aliphatic rings. The zero-order valence-corrected chi connectivity index (χ0v) is 14.9. The maximum absolute atomic E-state index is 12.4. The Kier molecular flexibility index (Phi) is 6.80. The number of nitrogens with two attached hydrogens (primary N) is 1. The van der Waals surface area contributed by atoms with Gasteiger partial charge in [0.15, 0.2) is 17.0 Å². The van der Waals surface area contributed by atoms with E-state index in [4.69, 9.17) is 20.3 Å². The Hall–Kier alpha value is -1.96. The van der Waals surface area contributed by atoms with Gasteiger partial charge in [0, 0.05) is 6.92 Å². The second-order valence-electron chi connectivity index (χ2n) is 6.28. The number of aliphatic hydroxyl groups is 4. The van der Waals surface area contributed by atoms with Crippen LogP contribution in [0, 0.1) is 5.41 Å². The lowest BCUT2D eigenvalue weighted by atomic mass is 9.63. The zero-order valence-electron chi connectivity index (χ0n) is 14.9. The molecule has 1 saturated heterocycles. The van der Waals surface area contributed by atoms with Gasteiger partial charge >= 0.3 is 17.7 Å². The normalized spacial score (nSPS) is 32.2. The molecule has 1 rings (SSSR count). The summed E-state index contributed by atoms with van der Waals surface area (Å²) in [6, 6.07) is -1.77. The number of rotatable bonds is 7. The van der Waals surface area contributed by atoms with E-state index < -0.39 is 71.8 Å². The lowest BCUT2D eigenvalue weighted by Crippen LogP contribution is -2.79. The van der Waals surface area contributed by atoms with E-state index in [0.717, 1.165) is 20.8 Å². The first-order chi connectivity index (χ1) is 12.3. The van der Waals surface area contributed by atoms with Gasteiger partial charge in [-0.05, 0) is 13.8 Å². The standard InChI is InChI=1S/C15H23NO11/c1-5(18)14(6(2)19)12(23)9(16)11(10(22)8(21)4-17)27-15(14,13(24)25)26-7(3)20/h8-12,17,21-23H,4,16H2,1-3H3,(H,24,25)/t8?,9-,10?,11+,12+,15?/m0/s1. The van der Waals surface area contributed by atoms with Crippen LogP contribution in [0.15, 0.2) is 0 Å². The molecule has 7 N–H and O–H groups in total. The highest BCUT2D eigenvalue weighted by Gasteiger charge is 2.76. The van der Waals surface area contributed by atoms with Crippen LogP contribution >= 0.6 is 0 Å². The molecule has 0 aromatic heterocycles. The van der Waals surface area contributed by atoms with Gasteiger partial charge in [0.2, 0.25) is 0 Å². The molecule has 1 fully saturated rings. The van der Waals surface area contributed by atoms with Crippen LogP contribution < -0.4 is 5.73 Å². The molecule has 3 unspecified atom stereocenters. The third kappa shape index (κ3) is 3.35. The minimum absolute atomic E-state index is 0.772. The molecule has 6 atom stereocenters. The third-order valence-corrected chi connectivity index (χ3v) is 4.61. The van der Waals surface area contributed by atoms with E-state index in [9.17, 15) is 39.6 Å². The number of aliphatic carboxylic acids is 1. The van der Waals surface area contributed by atoms with Gasteiger partial charge in [-0.3, -0.25) is 14.4 Å². The van der Waals surface area contributed by atoms with E-state index in [0.29, 0.717) is 0 Å². The molecule has 1 aliphatic heterocycles. The average molecular weight is 393 g/mol. The lowest BCUT2D eigenvalue weighted by Gasteiger charge is -2.53. The van der Waals surface area contributed by atoms with Crippen molar-refractivity contribution >= 4 is 23.5 Å². The SMILES string of the molecule is CC(=O)OC1(C(=O)O)O[C@@H](C(O)C(O)CO)[C@H](N)[C@@H](O)C1(C(C)=O)C(C)=O. The first-order valence-corrected chi connectivity index (χ1v) is 7.84. The van der Waals surface area contributed by atoms with E-state index in [1.807, 2.05) is 0 Å². The molecule has 0 radical (unpaired) electrons.